The lowest BCUT2D eigenvalue weighted by Crippen LogP contribution is -2.04. The van der Waals surface area contributed by atoms with Gasteiger partial charge in [-0.3, -0.25) is 0 Å². The highest BCUT2D eigenvalue weighted by Gasteiger charge is 2.27. The molecule has 0 bridgehead atoms. The predicted molar refractivity (Wildman–Crippen MR) is 75.5 cm³/mol. The zero-order valence-electron chi connectivity index (χ0n) is 9.94. The van der Waals surface area contributed by atoms with E-state index in [-0.39, 0.29) is 0 Å². The number of benzene rings is 1. The van der Waals surface area contributed by atoms with Gasteiger partial charge in [-0.25, -0.2) is 9.97 Å². The second-order valence-electron chi connectivity index (χ2n) is 4.55. The Labute approximate surface area is 115 Å². The van der Waals surface area contributed by atoms with E-state index in [2.05, 4.69) is 43.3 Å². The molecular weight excluding hydrogens is 290 g/mol. The van der Waals surface area contributed by atoms with E-state index in [1.807, 2.05) is 24.3 Å². The number of hydrogen-bond donors (Lipinski definition) is 1. The summed E-state index contributed by atoms with van der Waals surface area (Å²) in [5.41, 5.74) is 1.25. The predicted octanol–water partition coefficient (Wildman–Crippen LogP) is 3.73. The lowest BCUT2D eigenvalue weighted by molar-refractivity contribution is 0.910. The molecule has 0 unspecified atom stereocenters. The summed E-state index contributed by atoms with van der Waals surface area (Å²) in [6.45, 7) is 0.786. The first-order valence-electron chi connectivity index (χ1n) is 6.13. The highest BCUT2D eigenvalue weighted by atomic mass is 79.9. The topological polar surface area (TPSA) is 37.8 Å². The first-order valence-corrected chi connectivity index (χ1v) is 6.93. The zero-order valence-corrected chi connectivity index (χ0v) is 11.5. The van der Waals surface area contributed by atoms with Crippen molar-refractivity contribution in [1.82, 2.24) is 9.97 Å². The molecule has 3 nitrogen and oxygen atoms in total. The smallest absolute Gasteiger partial charge is 0.135 e. The second kappa shape index (κ2) is 5.06. The first-order chi connectivity index (χ1) is 8.81. The Morgan fingerprint density at radius 2 is 1.94 bits per heavy atom. The van der Waals surface area contributed by atoms with E-state index in [9.17, 15) is 0 Å². The average Bonchev–Trinajstić information content (AvgIpc) is 3.21. The van der Waals surface area contributed by atoms with Gasteiger partial charge in [0.25, 0.3) is 0 Å². The number of aromatic nitrogens is 2. The van der Waals surface area contributed by atoms with Crippen LogP contribution >= 0.6 is 15.9 Å². The average molecular weight is 304 g/mol. The molecule has 4 heteroatoms. The van der Waals surface area contributed by atoms with E-state index in [4.69, 9.17) is 0 Å². The third kappa shape index (κ3) is 2.88. The third-order valence-corrected chi connectivity index (χ3v) is 3.38. The molecule has 1 fully saturated rings. The lowest BCUT2D eigenvalue weighted by Gasteiger charge is -2.07. The standard InChI is InChI=1S/C14H14BrN3/c15-12-8-13(18-14(17-12)11-6-7-11)16-9-10-4-2-1-3-5-10/h1-5,8,11H,6-7,9H2,(H,16,17,18). The number of hydrogen-bond acceptors (Lipinski definition) is 3. The van der Waals surface area contributed by atoms with Gasteiger partial charge in [-0.2, -0.15) is 0 Å². The fourth-order valence-electron chi connectivity index (χ4n) is 1.84. The minimum Gasteiger partial charge on any atom is -0.366 e. The summed E-state index contributed by atoms with van der Waals surface area (Å²) in [6, 6.07) is 12.2. The Kier molecular flexibility index (Phi) is 3.28. The van der Waals surface area contributed by atoms with Crippen molar-refractivity contribution in [3.05, 3.63) is 52.4 Å². The van der Waals surface area contributed by atoms with Crippen LogP contribution in [-0.4, -0.2) is 9.97 Å². The van der Waals surface area contributed by atoms with Gasteiger partial charge in [0.15, 0.2) is 0 Å². The van der Waals surface area contributed by atoms with E-state index < -0.39 is 0 Å². The molecule has 0 aliphatic heterocycles. The van der Waals surface area contributed by atoms with Gasteiger partial charge < -0.3 is 5.32 Å². The Morgan fingerprint density at radius 3 is 2.67 bits per heavy atom. The second-order valence-corrected chi connectivity index (χ2v) is 5.36. The van der Waals surface area contributed by atoms with E-state index >= 15 is 0 Å². The van der Waals surface area contributed by atoms with Crippen LogP contribution in [0, 0.1) is 0 Å². The van der Waals surface area contributed by atoms with Crippen molar-refractivity contribution in [3.8, 4) is 0 Å². The van der Waals surface area contributed by atoms with Gasteiger partial charge in [0.05, 0.1) is 0 Å². The van der Waals surface area contributed by atoms with Crippen molar-refractivity contribution in [2.45, 2.75) is 25.3 Å². The van der Waals surface area contributed by atoms with Crippen LogP contribution in [0.15, 0.2) is 41.0 Å². The Morgan fingerprint density at radius 1 is 1.17 bits per heavy atom. The summed E-state index contributed by atoms with van der Waals surface area (Å²) >= 11 is 3.44. The van der Waals surface area contributed by atoms with Gasteiger partial charge in [-0.05, 0) is 34.3 Å². The van der Waals surface area contributed by atoms with Crippen LogP contribution in [0.2, 0.25) is 0 Å². The molecule has 18 heavy (non-hydrogen) atoms. The van der Waals surface area contributed by atoms with Gasteiger partial charge in [0, 0.05) is 18.5 Å². The summed E-state index contributed by atoms with van der Waals surface area (Å²) in [5.74, 6) is 2.42. The maximum atomic E-state index is 4.56. The minimum absolute atomic E-state index is 0.569. The van der Waals surface area contributed by atoms with Gasteiger partial charge >= 0.3 is 0 Å². The van der Waals surface area contributed by atoms with Crippen molar-refractivity contribution >= 4 is 21.7 Å². The van der Waals surface area contributed by atoms with Crippen LogP contribution in [0.1, 0.15) is 30.1 Å². The molecular formula is C14H14BrN3. The summed E-state index contributed by atoms with van der Waals surface area (Å²) in [6.07, 6.45) is 2.43. The van der Waals surface area contributed by atoms with Crippen LogP contribution in [0.5, 0.6) is 0 Å². The highest BCUT2D eigenvalue weighted by molar-refractivity contribution is 9.10. The maximum absolute atomic E-state index is 4.56. The van der Waals surface area contributed by atoms with Gasteiger partial charge in [-0.1, -0.05) is 30.3 Å². The molecule has 1 aliphatic rings. The Balaban J connectivity index is 1.72. The molecule has 1 N–H and O–H groups in total. The molecule has 1 heterocycles. The van der Waals surface area contributed by atoms with Crippen molar-refractivity contribution in [2.24, 2.45) is 0 Å². The van der Waals surface area contributed by atoms with Crippen LogP contribution in [0.25, 0.3) is 0 Å². The van der Waals surface area contributed by atoms with E-state index in [0.717, 1.165) is 22.8 Å². The van der Waals surface area contributed by atoms with Crippen molar-refractivity contribution < 1.29 is 0 Å². The number of rotatable bonds is 4. The van der Waals surface area contributed by atoms with Crippen molar-refractivity contribution in [1.29, 1.82) is 0 Å². The quantitative estimate of drug-likeness (QED) is 0.875. The van der Waals surface area contributed by atoms with E-state index in [1.165, 1.54) is 18.4 Å². The molecule has 1 aromatic heterocycles. The molecule has 0 atom stereocenters. The van der Waals surface area contributed by atoms with E-state index in [1.54, 1.807) is 0 Å². The largest absolute Gasteiger partial charge is 0.366 e. The molecule has 92 valence electrons. The van der Waals surface area contributed by atoms with Crippen LogP contribution in [0.3, 0.4) is 0 Å². The van der Waals surface area contributed by atoms with E-state index in [0.29, 0.717) is 5.92 Å². The molecule has 0 amide bonds. The maximum Gasteiger partial charge on any atom is 0.135 e. The van der Waals surface area contributed by atoms with Gasteiger partial charge in [-0.15, -0.1) is 0 Å². The third-order valence-electron chi connectivity index (χ3n) is 2.97. The highest BCUT2D eigenvalue weighted by Crippen LogP contribution is 2.38. The summed E-state index contributed by atoms with van der Waals surface area (Å²) in [4.78, 5) is 8.97. The number of halogens is 1. The molecule has 3 rings (SSSR count). The SMILES string of the molecule is Brc1cc(NCc2ccccc2)nc(C2CC2)n1. The van der Waals surface area contributed by atoms with Crippen LogP contribution < -0.4 is 5.32 Å². The molecule has 1 aromatic carbocycles. The molecule has 1 aliphatic carbocycles. The van der Waals surface area contributed by atoms with Crippen LogP contribution in [-0.2, 0) is 6.54 Å². The van der Waals surface area contributed by atoms with Crippen molar-refractivity contribution in [3.63, 3.8) is 0 Å². The molecule has 0 saturated heterocycles. The minimum atomic E-state index is 0.569. The molecule has 1 saturated carbocycles. The first kappa shape index (κ1) is 11.7. The summed E-state index contributed by atoms with van der Waals surface area (Å²) in [5, 5.41) is 3.34. The van der Waals surface area contributed by atoms with Gasteiger partial charge in [0.2, 0.25) is 0 Å². The number of nitrogens with one attached hydrogen (secondary N) is 1. The monoisotopic (exact) mass is 303 g/mol. The molecule has 2 aromatic rings. The number of nitrogens with zero attached hydrogens (tertiary/aromatic N) is 2. The molecule has 0 spiro atoms. The van der Waals surface area contributed by atoms with Crippen molar-refractivity contribution in [2.75, 3.05) is 5.32 Å². The lowest BCUT2D eigenvalue weighted by atomic mass is 10.2. The summed E-state index contributed by atoms with van der Waals surface area (Å²) in [7, 11) is 0. The Hall–Kier alpha value is -1.42. The fraction of sp³-hybridized carbons (Fsp3) is 0.286. The molecule has 0 radical (unpaired) electrons. The van der Waals surface area contributed by atoms with Gasteiger partial charge in [0.1, 0.15) is 16.2 Å². The Bertz CT molecular complexity index is 538. The normalized spacial score (nSPS) is 14.5. The fourth-order valence-corrected chi connectivity index (χ4v) is 2.24. The summed E-state index contributed by atoms with van der Waals surface area (Å²) < 4.78 is 0.856. The van der Waals surface area contributed by atoms with Crippen LogP contribution in [0.4, 0.5) is 5.82 Å². The number of anilines is 1. The zero-order chi connectivity index (χ0) is 12.4.